The minimum absolute atomic E-state index is 0.0926. The number of hydrogen-bond acceptors (Lipinski definition) is 3. The van der Waals surface area contributed by atoms with E-state index in [2.05, 4.69) is 15.7 Å². The largest absolute Gasteiger partial charge is 0.326 e. The van der Waals surface area contributed by atoms with Gasteiger partial charge in [0.1, 0.15) is 0 Å². The first-order valence-electron chi connectivity index (χ1n) is 6.39. The maximum atomic E-state index is 11.9. The smallest absolute Gasteiger partial charge is 0.230 e. The quantitative estimate of drug-likeness (QED) is 0.861. The number of anilines is 1. The molecule has 0 saturated carbocycles. The summed E-state index contributed by atoms with van der Waals surface area (Å²) in [5.41, 5.74) is 1.97. The predicted octanol–water partition coefficient (Wildman–Crippen LogP) is 1.09. The average Bonchev–Trinajstić information content (AvgIpc) is 2.79. The van der Waals surface area contributed by atoms with Gasteiger partial charge in [-0.3, -0.25) is 9.48 Å². The molecule has 1 aliphatic rings. The fourth-order valence-electron chi connectivity index (χ4n) is 2.05. The molecule has 2 heterocycles. The van der Waals surface area contributed by atoms with Gasteiger partial charge in [0, 0.05) is 31.2 Å². The van der Waals surface area contributed by atoms with Crippen LogP contribution in [0.1, 0.15) is 5.56 Å². The van der Waals surface area contributed by atoms with Crippen LogP contribution in [0.25, 0.3) is 0 Å². The molecule has 5 heteroatoms. The molecule has 0 atom stereocenters. The molecule has 1 fully saturated rings. The van der Waals surface area contributed by atoms with Crippen molar-refractivity contribution in [2.45, 2.75) is 6.54 Å². The highest BCUT2D eigenvalue weighted by Gasteiger charge is 2.24. The molecule has 1 aliphatic heterocycles. The Hall–Kier alpha value is -2.14. The molecule has 2 aromatic rings. The van der Waals surface area contributed by atoms with E-state index < -0.39 is 0 Å². The highest BCUT2D eigenvalue weighted by atomic mass is 16.2. The van der Waals surface area contributed by atoms with Crippen molar-refractivity contribution in [1.29, 1.82) is 0 Å². The van der Waals surface area contributed by atoms with Gasteiger partial charge in [-0.25, -0.2) is 0 Å². The van der Waals surface area contributed by atoms with Crippen LogP contribution in [0.3, 0.4) is 0 Å². The third kappa shape index (κ3) is 2.82. The number of benzene rings is 1. The summed E-state index contributed by atoms with van der Waals surface area (Å²) in [5.74, 6) is 0.199. The van der Waals surface area contributed by atoms with Crippen LogP contribution in [0.2, 0.25) is 0 Å². The Balaban J connectivity index is 1.67. The molecule has 0 radical (unpaired) electrons. The second-order valence-electron chi connectivity index (χ2n) is 4.75. The molecule has 1 saturated heterocycles. The molecule has 5 nitrogen and oxygen atoms in total. The highest BCUT2D eigenvalue weighted by molar-refractivity contribution is 5.93. The van der Waals surface area contributed by atoms with Gasteiger partial charge in [0.25, 0.3) is 0 Å². The van der Waals surface area contributed by atoms with E-state index in [0.717, 1.165) is 24.3 Å². The maximum Gasteiger partial charge on any atom is 0.230 e. The first-order valence-corrected chi connectivity index (χ1v) is 6.39. The fourth-order valence-corrected chi connectivity index (χ4v) is 2.05. The summed E-state index contributed by atoms with van der Waals surface area (Å²) in [7, 11) is 0. The van der Waals surface area contributed by atoms with Gasteiger partial charge in [-0.2, -0.15) is 5.10 Å². The Morgan fingerprint density at radius 2 is 2.32 bits per heavy atom. The van der Waals surface area contributed by atoms with E-state index >= 15 is 0 Å². The first-order chi connectivity index (χ1) is 9.31. The zero-order valence-corrected chi connectivity index (χ0v) is 10.5. The van der Waals surface area contributed by atoms with Gasteiger partial charge in [-0.15, -0.1) is 0 Å². The van der Waals surface area contributed by atoms with Crippen molar-refractivity contribution in [3.8, 4) is 0 Å². The van der Waals surface area contributed by atoms with Crippen molar-refractivity contribution < 1.29 is 4.79 Å². The first kappa shape index (κ1) is 11.9. The molecule has 19 heavy (non-hydrogen) atoms. The van der Waals surface area contributed by atoms with E-state index in [1.807, 2.05) is 41.2 Å². The zero-order chi connectivity index (χ0) is 13.1. The Bertz CT molecular complexity index is 561. The molecule has 0 aliphatic carbocycles. The highest BCUT2D eigenvalue weighted by Crippen LogP contribution is 2.14. The van der Waals surface area contributed by atoms with Gasteiger partial charge >= 0.3 is 0 Å². The summed E-state index contributed by atoms with van der Waals surface area (Å²) in [5, 5.41) is 10.2. The van der Waals surface area contributed by atoms with Crippen LogP contribution >= 0.6 is 0 Å². The van der Waals surface area contributed by atoms with Crippen LogP contribution in [0, 0.1) is 5.92 Å². The van der Waals surface area contributed by atoms with Crippen LogP contribution in [0.15, 0.2) is 42.7 Å². The fraction of sp³-hybridized carbons (Fsp3) is 0.286. The van der Waals surface area contributed by atoms with Crippen LogP contribution in [-0.4, -0.2) is 28.8 Å². The van der Waals surface area contributed by atoms with Crippen LogP contribution in [-0.2, 0) is 11.3 Å². The van der Waals surface area contributed by atoms with Crippen molar-refractivity contribution >= 4 is 11.6 Å². The summed E-state index contributed by atoms with van der Waals surface area (Å²) in [4.78, 5) is 11.9. The van der Waals surface area contributed by atoms with Gasteiger partial charge in [0.15, 0.2) is 0 Å². The van der Waals surface area contributed by atoms with Gasteiger partial charge in [-0.05, 0) is 23.8 Å². The van der Waals surface area contributed by atoms with Crippen molar-refractivity contribution in [2.24, 2.45) is 5.92 Å². The topological polar surface area (TPSA) is 59.0 Å². The molecule has 1 amide bonds. The number of carbonyl (C=O) groups excluding carboxylic acids is 1. The molecule has 3 rings (SSSR count). The Kier molecular flexibility index (Phi) is 3.29. The summed E-state index contributed by atoms with van der Waals surface area (Å²) in [6, 6.07) is 9.78. The van der Waals surface area contributed by atoms with Gasteiger partial charge in [-0.1, -0.05) is 12.1 Å². The number of aromatic nitrogens is 2. The van der Waals surface area contributed by atoms with Crippen LogP contribution in [0.5, 0.6) is 0 Å². The second-order valence-corrected chi connectivity index (χ2v) is 4.75. The second kappa shape index (κ2) is 5.24. The molecular formula is C14H16N4O. The minimum atomic E-state index is 0.0926. The van der Waals surface area contributed by atoms with Gasteiger partial charge in [0.05, 0.1) is 12.5 Å². The molecule has 98 valence electrons. The minimum Gasteiger partial charge on any atom is -0.326 e. The standard InChI is InChI=1S/C14H16N4O/c19-14(12-8-15-9-12)17-13-4-1-3-11(7-13)10-18-6-2-5-16-18/h1-7,12,15H,8-10H2,(H,17,19). The zero-order valence-electron chi connectivity index (χ0n) is 10.5. The molecule has 1 aromatic heterocycles. The normalized spacial score (nSPS) is 14.9. The summed E-state index contributed by atoms with van der Waals surface area (Å²) in [6.07, 6.45) is 3.68. The number of nitrogens with zero attached hydrogens (tertiary/aromatic N) is 2. The van der Waals surface area contributed by atoms with E-state index in [0.29, 0.717) is 6.54 Å². The Labute approximate surface area is 111 Å². The van der Waals surface area contributed by atoms with Gasteiger partial charge in [0.2, 0.25) is 5.91 Å². The SMILES string of the molecule is O=C(Nc1cccc(Cn2cccn2)c1)C1CNC1. The van der Waals surface area contributed by atoms with Gasteiger partial charge < -0.3 is 10.6 Å². The van der Waals surface area contributed by atoms with Crippen molar-refractivity contribution in [3.05, 3.63) is 48.3 Å². The third-order valence-corrected chi connectivity index (χ3v) is 3.25. The molecule has 1 aromatic carbocycles. The number of amides is 1. The summed E-state index contributed by atoms with van der Waals surface area (Å²) < 4.78 is 1.86. The third-order valence-electron chi connectivity index (χ3n) is 3.25. The lowest BCUT2D eigenvalue weighted by atomic mass is 10.0. The van der Waals surface area contributed by atoms with E-state index in [9.17, 15) is 4.79 Å². The Morgan fingerprint density at radius 1 is 1.42 bits per heavy atom. The van der Waals surface area contributed by atoms with E-state index in [4.69, 9.17) is 0 Å². The molecule has 0 bridgehead atoms. The molecule has 2 N–H and O–H groups in total. The van der Waals surface area contributed by atoms with Crippen LogP contribution < -0.4 is 10.6 Å². The Morgan fingerprint density at radius 3 is 3.00 bits per heavy atom. The van der Waals surface area contributed by atoms with Crippen molar-refractivity contribution in [3.63, 3.8) is 0 Å². The summed E-state index contributed by atoms with van der Waals surface area (Å²) >= 11 is 0. The average molecular weight is 256 g/mol. The summed E-state index contributed by atoms with van der Waals surface area (Å²) in [6.45, 7) is 2.26. The monoisotopic (exact) mass is 256 g/mol. The van der Waals surface area contributed by atoms with Crippen LogP contribution in [0.4, 0.5) is 5.69 Å². The lowest BCUT2D eigenvalue weighted by Gasteiger charge is -2.25. The number of rotatable bonds is 4. The van der Waals surface area contributed by atoms with E-state index in [1.165, 1.54) is 0 Å². The maximum absolute atomic E-state index is 11.9. The molecule has 0 spiro atoms. The number of nitrogens with one attached hydrogen (secondary N) is 2. The molecule has 0 unspecified atom stereocenters. The van der Waals surface area contributed by atoms with E-state index in [-0.39, 0.29) is 11.8 Å². The molecular weight excluding hydrogens is 240 g/mol. The number of carbonyl (C=O) groups is 1. The van der Waals surface area contributed by atoms with Crippen molar-refractivity contribution in [2.75, 3.05) is 18.4 Å². The van der Waals surface area contributed by atoms with E-state index in [1.54, 1.807) is 6.20 Å². The van der Waals surface area contributed by atoms with Crippen molar-refractivity contribution in [1.82, 2.24) is 15.1 Å². The lowest BCUT2D eigenvalue weighted by Crippen LogP contribution is -2.48. The lowest BCUT2D eigenvalue weighted by molar-refractivity contribution is -0.121. The predicted molar refractivity (Wildman–Crippen MR) is 72.8 cm³/mol. The number of hydrogen-bond donors (Lipinski definition) is 2.